The van der Waals surface area contributed by atoms with E-state index in [1.807, 2.05) is 0 Å². The number of Topliss-reactive ketones (excluding diaryl/α,β-unsaturated/α-hetero) is 1. The number of ether oxygens (including phenoxy) is 1. The molecule has 1 aliphatic carbocycles. The van der Waals surface area contributed by atoms with Crippen molar-refractivity contribution in [2.45, 2.75) is 32.6 Å². The molecule has 0 bridgehead atoms. The Labute approximate surface area is 95.0 Å². The Kier molecular flexibility index (Phi) is 2.86. The minimum Gasteiger partial charge on any atom is -0.507 e. The molecule has 3 nitrogen and oxygen atoms in total. The molecule has 2 rings (SSSR count). The molecule has 3 heteroatoms. The summed E-state index contributed by atoms with van der Waals surface area (Å²) in [6, 6.07) is 1.65. The van der Waals surface area contributed by atoms with Gasteiger partial charge in [-0.1, -0.05) is 0 Å². The molecule has 0 atom stereocenters. The summed E-state index contributed by atoms with van der Waals surface area (Å²) in [6.07, 6.45) is 3.93. The van der Waals surface area contributed by atoms with E-state index in [9.17, 15) is 9.90 Å². The van der Waals surface area contributed by atoms with Crippen molar-refractivity contribution in [3.63, 3.8) is 0 Å². The number of fused-ring (bicyclic) bond motifs is 1. The van der Waals surface area contributed by atoms with Crippen LogP contribution in [0.25, 0.3) is 0 Å². The predicted octanol–water partition coefficient (Wildman–Crippen LogP) is 2.48. The van der Waals surface area contributed by atoms with Crippen LogP contribution in [-0.4, -0.2) is 18.0 Å². The number of phenols is 1. The molecule has 86 valence electrons. The number of methoxy groups -OCH3 is 1. The highest BCUT2D eigenvalue weighted by Crippen LogP contribution is 2.38. The molecule has 16 heavy (non-hydrogen) atoms. The van der Waals surface area contributed by atoms with Gasteiger partial charge in [0.1, 0.15) is 11.5 Å². The van der Waals surface area contributed by atoms with Crippen LogP contribution >= 0.6 is 0 Å². The zero-order valence-corrected chi connectivity index (χ0v) is 9.67. The van der Waals surface area contributed by atoms with Crippen molar-refractivity contribution in [3.05, 3.63) is 22.8 Å². The van der Waals surface area contributed by atoms with E-state index in [2.05, 4.69) is 0 Å². The number of hydrogen-bond donors (Lipinski definition) is 1. The molecule has 1 aliphatic rings. The summed E-state index contributed by atoms with van der Waals surface area (Å²) in [5, 5.41) is 10.0. The van der Waals surface area contributed by atoms with Gasteiger partial charge in [-0.15, -0.1) is 0 Å². The molecule has 0 radical (unpaired) electrons. The van der Waals surface area contributed by atoms with E-state index in [1.54, 1.807) is 13.2 Å². The fourth-order valence-corrected chi connectivity index (χ4v) is 2.34. The third-order valence-corrected chi connectivity index (χ3v) is 3.18. The second-order valence-corrected chi connectivity index (χ2v) is 4.20. The molecule has 0 saturated heterocycles. The largest absolute Gasteiger partial charge is 0.507 e. The lowest BCUT2D eigenvalue weighted by Crippen LogP contribution is -2.08. The van der Waals surface area contributed by atoms with Crippen LogP contribution in [0.4, 0.5) is 0 Å². The molecule has 0 heterocycles. The lowest BCUT2D eigenvalue weighted by molar-refractivity contribution is 0.101. The van der Waals surface area contributed by atoms with Crippen LogP contribution in [-0.2, 0) is 12.8 Å². The molecule has 0 unspecified atom stereocenters. The number of ketones is 1. The van der Waals surface area contributed by atoms with Gasteiger partial charge in [0.25, 0.3) is 0 Å². The molecule has 0 aliphatic heterocycles. The fourth-order valence-electron chi connectivity index (χ4n) is 2.34. The van der Waals surface area contributed by atoms with Crippen LogP contribution in [0.3, 0.4) is 0 Å². The second kappa shape index (κ2) is 4.16. The minimum atomic E-state index is -0.121. The number of carbonyl (C=O) groups is 1. The summed E-state index contributed by atoms with van der Waals surface area (Å²) in [5.41, 5.74) is 2.34. The third kappa shape index (κ3) is 1.66. The molecule has 0 fully saturated rings. The van der Waals surface area contributed by atoms with Crippen molar-refractivity contribution >= 4 is 5.78 Å². The Morgan fingerprint density at radius 3 is 2.50 bits per heavy atom. The molecular weight excluding hydrogens is 204 g/mol. The number of phenolic OH excluding ortho intramolecular Hbond substituents is 1. The zero-order valence-electron chi connectivity index (χ0n) is 9.67. The van der Waals surface area contributed by atoms with Crippen LogP contribution in [0.1, 0.15) is 41.3 Å². The molecule has 0 saturated carbocycles. The predicted molar refractivity (Wildman–Crippen MR) is 61.3 cm³/mol. The maximum atomic E-state index is 11.4. The summed E-state index contributed by atoms with van der Waals surface area (Å²) < 4.78 is 5.30. The first kappa shape index (κ1) is 11.0. The van der Waals surface area contributed by atoms with Gasteiger partial charge < -0.3 is 9.84 Å². The standard InChI is InChI=1S/C13H16O3/c1-8(14)11-7-12(16-2)9-5-3-4-6-10(9)13(11)15/h7,15H,3-6H2,1-2H3. The number of aromatic hydroxyl groups is 1. The fraction of sp³-hybridized carbons (Fsp3) is 0.462. The van der Waals surface area contributed by atoms with Gasteiger partial charge in [-0.2, -0.15) is 0 Å². The van der Waals surface area contributed by atoms with E-state index < -0.39 is 0 Å². The highest BCUT2D eigenvalue weighted by molar-refractivity contribution is 5.98. The van der Waals surface area contributed by atoms with Gasteiger partial charge in [0.05, 0.1) is 12.7 Å². The number of rotatable bonds is 2. The van der Waals surface area contributed by atoms with Crippen LogP contribution < -0.4 is 4.74 Å². The SMILES string of the molecule is COc1cc(C(C)=O)c(O)c2c1CCCC2. The lowest BCUT2D eigenvalue weighted by atomic mass is 9.88. The van der Waals surface area contributed by atoms with Crippen LogP contribution in [0.2, 0.25) is 0 Å². The van der Waals surface area contributed by atoms with Crippen LogP contribution in [0, 0.1) is 0 Å². The zero-order chi connectivity index (χ0) is 11.7. The quantitative estimate of drug-likeness (QED) is 0.779. The van der Waals surface area contributed by atoms with Crippen molar-refractivity contribution < 1.29 is 14.6 Å². The maximum absolute atomic E-state index is 11.4. The molecular formula is C13H16O3. The van der Waals surface area contributed by atoms with E-state index in [0.717, 1.165) is 42.6 Å². The summed E-state index contributed by atoms with van der Waals surface area (Å²) >= 11 is 0. The summed E-state index contributed by atoms with van der Waals surface area (Å²) in [5.74, 6) is 0.768. The first-order valence-electron chi connectivity index (χ1n) is 5.57. The average molecular weight is 220 g/mol. The first-order valence-corrected chi connectivity index (χ1v) is 5.57. The van der Waals surface area contributed by atoms with Gasteiger partial charge in [0.2, 0.25) is 0 Å². The van der Waals surface area contributed by atoms with Crippen molar-refractivity contribution in [2.75, 3.05) is 7.11 Å². The topological polar surface area (TPSA) is 46.5 Å². The molecule has 1 aromatic carbocycles. The third-order valence-electron chi connectivity index (χ3n) is 3.18. The first-order chi connectivity index (χ1) is 7.65. The van der Waals surface area contributed by atoms with Gasteiger partial charge >= 0.3 is 0 Å². The van der Waals surface area contributed by atoms with Gasteiger partial charge in [0, 0.05) is 11.1 Å². The average Bonchev–Trinajstić information content (AvgIpc) is 2.29. The normalized spacial score (nSPS) is 14.4. The van der Waals surface area contributed by atoms with Gasteiger partial charge in [-0.05, 0) is 38.7 Å². The maximum Gasteiger partial charge on any atom is 0.163 e. The number of benzene rings is 1. The van der Waals surface area contributed by atoms with Gasteiger partial charge in [0.15, 0.2) is 5.78 Å². The van der Waals surface area contributed by atoms with E-state index >= 15 is 0 Å². The smallest absolute Gasteiger partial charge is 0.163 e. The molecule has 1 aromatic rings. The van der Waals surface area contributed by atoms with Crippen molar-refractivity contribution in [2.24, 2.45) is 0 Å². The Bertz CT molecular complexity index is 435. The Balaban J connectivity index is 2.64. The Hall–Kier alpha value is -1.51. The molecule has 1 N–H and O–H groups in total. The Morgan fingerprint density at radius 1 is 1.31 bits per heavy atom. The van der Waals surface area contributed by atoms with Crippen molar-refractivity contribution in [3.8, 4) is 11.5 Å². The van der Waals surface area contributed by atoms with E-state index in [4.69, 9.17) is 4.74 Å². The van der Waals surface area contributed by atoms with Crippen molar-refractivity contribution in [1.82, 2.24) is 0 Å². The van der Waals surface area contributed by atoms with Crippen LogP contribution in [0.5, 0.6) is 11.5 Å². The van der Waals surface area contributed by atoms with Crippen molar-refractivity contribution in [1.29, 1.82) is 0 Å². The number of carbonyl (C=O) groups excluding carboxylic acids is 1. The van der Waals surface area contributed by atoms with E-state index in [0.29, 0.717) is 5.56 Å². The molecule has 0 aromatic heterocycles. The minimum absolute atomic E-state index is 0.121. The summed E-state index contributed by atoms with van der Waals surface area (Å²) in [6.45, 7) is 1.46. The van der Waals surface area contributed by atoms with E-state index in [1.165, 1.54) is 6.92 Å². The lowest BCUT2D eigenvalue weighted by Gasteiger charge is -2.21. The summed E-state index contributed by atoms with van der Waals surface area (Å²) in [4.78, 5) is 11.4. The molecule has 0 amide bonds. The monoisotopic (exact) mass is 220 g/mol. The van der Waals surface area contributed by atoms with Crippen LogP contribution in [0.15, 0.2) is 6.07 Å². The number of hydrogen-bond acceptors (Lipinski definition) is 3. The molecule has 0 spiro atoms. The Morgan fingerprint density at radius 2 is 1.94 bits per heavy atom. The summed E-state index contributed by atoms with van der Waals surface area (Å²) in [7, 11) is 1.60. The van der Waals surface area contributed by atoms with E-state index in [-0.39, 0.29) is 11.5 Å². The van der Waals surface area contributed by atoms with Gasteiger partial charge in [-0.3, -0.25) is 4.79 Å². The highest BCUT2D eigenvalue weighted by Gasteiger charge is 2.22. The second-order valence-electron chi connectivity index (χ2n) is 4.20. The van der Waals surface area contributed by atoms with Gasteiger partial charge in [-0.25, -0.2) is 0 Å². The highest BCUT2D eigenvalue weighted by atomic mass is 16.5.